The molecule has 1 aromatic carbocycles. The lowest BCUT2D eigenvalue weighted by Gasteiger charge is -2.18. The highest BCUT2D eigenvalue weighted by molar-refractivity contribution is 9.10. The second-order valence-corrected chi connectivity index (χ2v) is 5.39. The summed E-state index contributed by atoms with van der Waals surface area (Å²) in [5.41, 5.74) is 2.68. The van der Waals surface area contributed by atoms with E-state index >= 15 is 0 Å². The predicted molar refractivity (Wildman–Crippen MR) is 75.0 cm³/mol. The third-order valence-electron chi connectivity index (χ3n) is 2.91. The molecular weight excluding hydrogens is 296 g/mol. The van der Waals surface area contributed by atoms with Gasteiger partial charge in [-0.25, -0.2) is 0 Å². The van der Waals surface area contributed by atoms with Crippen molar-refractivity contribution in [2.24, 2.45) is 0 Å². The Bertz CT molecular complexity index is 488. The SMILES string of the molecule is CCC(Br)C(=O)Nc1ccc2c(c1)CCC(=O)N2. The number of hydrogen-bond acceptors (Lipinski definition) is 2. The summed E-state index contributed by atoms with van der Waals surface area (Å²) in [6.45, 7) is 1.95. The van der Waals surface area contributed by atoms with Gasteiger partial charge in [0.1, 0.15) is 0 Å². The van der Waals surface area contributed by atoms with Crippen LogP contribution in [0.5, 0.6) is 0 Å². The van der Waals surface area contributed by atoms with Crippen molar-refractivity contribution in [3.63, 3.8) is 0 Å². The smallest absolute Gasteiger partial charge is 0.238 e. The van der Waals surface area contributed by atoms with Gasteiger partial charge in [-0.15, -0.1) is 0 Å². The van der Waals surface area contributed by atoms with E-state index in [0.29, 0.717) is 6.42 Å². The summed E-state index contributed by atoms with van der Waals surface area (Å²) in [4.78, 5) is 22.8. The van der Waals surface area contributed by atoms with Crippen LogP contribution in [0.3, 0.4) is 0 Å². The van der Waals surface area contributed by atoms with E-state index < -0.39 is 0 Å². The molecule has 18 heavy (non-hydrogen) atoms. The molecule has 1 aromatic rings. The second kappa shape index (κ2) is 5.52. The molecule has 0 aliphatic carbocycles. The highest BCUT2D eigenvalue weighted by atomic mass is 79.9. The lowest BCUT2D eigenvalue weighted by atomic mass is 10.0. The zero-order valence-electron chi connectivity index (χ0n) is 10.1. The molecule has 0 aromatic heterocycles. The monoisotopic (exact) mass is 310 g/mol. The van der Waals surface area contributed by atoms with Crippen LogP contribution < -0.4 is 10.6 Å². The van der Waals surface area contributed by atoms with Crippen LogP contribution in [0.2, 0.25) is 0 Å². The Labute approximate surface area is 114 Å². The van der Waals surface area contributed by atoms with Gasteiger partial charge in [0.2, 0.25) is 11.8 Å². The minimum atomic E-state index is -0.173. The fraction of sp³-hybridized carbons (Fsp3) is 0.385. The van der Waals surface area contributed by atoms with E-state index in [1.54, 1.807) is 6.07 Å². The molecule has 2 N–H and O–H groups in total. The van der Waals surface area contributed by atoms with Gasteiger partial charge in [0.05, 0.1) is 4.83 Å². The number of alkyl halides is 1. The molecule has 0 bridgehead atoms. The first kappa shape index (κ1) is 13.1. The van der Waals surface area contributed by atoms with E-state index in [1.165, 1.54) is 0 Å². The first-order chi connectivity index (χ1) is 8.60. The van der Waals surface area contributed by atoms with Crippen molar-refractivity contribution >= 4 is 39.1 Å². The van der Waals surface area contributed by atoms with E-state index in [0.717, 1.165) is 29.8 Å². The standard InChI is InChI=1S/C13H15BrN2O2/c1-2-10(14)13(18)15-9-4-5-11-8(7-9)3-6-12(17)16-11/h4-5,7,10H,2-3,6H2,1H3,(H,15,18)(H,16,17). The zero-order valence-corrected chi connectivity index (χ0v) is 11.7. The number of hydrogen-bond donors (Lipinski definition) is 2. The number of fused-ring (bicyclic) bond motifs is 1. The van der Waals surface area contributed by atoms with E-state index in [-0.39, 0.29) is 16.6 Å². The number of anilines is 2. The van der Waals surface area contributed by atoms with Crippen LogP contribution in [0, 0.1) is 0 Å². The second-order valence-electron chi connectivity index (χ2n) is 4.29. The molecule has 1 unspecified atom stereocenters. The van der Waals surface area contributed by atoms with Crippen molar-refractivity contribution in [3.05, 3.63) is 23.8 Å². The van der Waals surface area contributed by atoms with E-state index in [4.69, 9.17) is 0 Å². The highest BCUT2D eigenvalue weighted by Gasteiger charge is 2.16. The van der Waals surface area contributed by atoms with Crippen molar-refractivity contribution in [1.29, 1.82) is 0 Å². The van der Waals surface area contributed by atoms with Crippen LogP contribution in [0.15, 0.2) is 18.2 Å². The number of amides is 2. The average molecular weight is 311 g/mol. The van der Waals surface area contributed by atoms with Crippen molar-refractivity contribution in [3.8, 4) is 0 Å². The number of aryl methyl sites for hydroxylation is 1. The Balaban J connectivity index is 2.12. The molecule has 2 amide bonds. The van der Waals surface area contributed by atoms with Gasteiger partial charge in [-0.1, -0.05) is 22.9 Å². The van der Waals surface area contributed by atoms with Gasteiger partial charge in [-0.05, 0) is 36.6 Å². The summed E-state index contributed by atoms with van der Waals surface area (Å²) in [6.07, 6.45) is 1.96. The Morgan fingerprint density at radius 3 is 3.00 bits per heavy atom. The van der Waals surface area contributed by atoms with Gasteiger partial charge in [-0.3, -0.25) is 9.59 Å². The summed E-state index contributed by atoms with van der Waals surface area (Å²) in [7, 11) is 0. The van der Waals surface area contributed by atoms with Gasteiger partial charge >= 0.3 is 0 Å². The first-order valence-corrected chi connectivity index (χ1v) is 6.89. The van der Waals surface area contributed by atoms with Crippen molar-refractivity contribution in [2.45, 2.75) is 31.0 Å². The number of carbonyl (C=O) groups excluding carboxylic acids is 2. The topological polar surface area (TPSA) is 58.2 Å². The van der Waals surface area contributed by atoms with E-state index in [9.17, 15) is 9.59 Å². The van der Waals surface area contributed by atoms with Gasteiger partial charge in [0.25, 0.3) is 0 Å². The quantitative estimate of drug-likeness (QED) is 0.843. The minimum absolute atomic E-state index is 0.0442. The molecule has 0 radical (unpaired) electrons. The predicted octanol–water partition coefficient (Wildman–Crippen LogP) is 2.68. The molecule has 1 atom stereocenters. The molecule has 4 nitrogen and oxygen atoms in total. The third kappa shape index (κ3) is 2.90. The van der Waals surface area contributed by atoms with Crippen molar-refractivity contribution in [2.75, 3.05) is 10.6 Å². The van der Waals surface area contributed by atoms with Crippen LogP contribution in [0.25, 0.3) is 0 Å². The first-order valence-electron chi connectivity index (χ1n) is 5.98. The number of rotatable bonds is 3. The molecule has 5 heteroatoms. The van der Waals surface area contributed by atoms with Gasteiger partial charge in [0.15, 0.2) is 0 Å². The minimum Gasteiger partial charge on any atom is -0.326 e. The van der Waals surface area contributed by atoms with Crippen LogP contribution in [-0.2, 0) is 16.0 Å². The summed E-state index contributed by atoms with van der Waals surface area (Å²) < 4.78 is 0. The maximum atomic E-state index is 11.7. The summed E-state index contributed by atoms with van der Waals surface area (Å²) in [5, 5.41) is 5.67. The van der Waals surface area contributed by atoms with Crippen molar-refractivity contribution < 1.29 is 9.59 Å². The van der Waals surface area contributed by atoms with Gasteiger partial charge in [-0.2, -0.15) is 0 Å². The van der Waals surface area contributed by atoms with E-state index in [1.807, 2.05) is 19.1 Å². The molecule has 2 rings (SSSR count). The number of nitrogens with one attached hydrogen (secondary N) is 2. The van der Waals surface area contributed by atoms with Gasteiger partial charge < -0.3 is 10.6 Å². The molecular formula is C13H15BrN2O2. The third-order valence-corrected chi connectivity index (χ3v) is 3.97. The Kier molecular flexibility index (Phi) is 4.01. The average Bonchev–Trinajstić information content (AvgIpc) is 2.38. The summed E-state index contributed by atoms with van der Waals surface area (Å²) in [6, 6.07) is 5.55. The molecule has 0 saturated carbocycles. The Hall–Kier alpha value is -1.36. The maximum absolute atomic E-state index is 11.7. The Morgan fingerprint density at radius 2 is 2.28 bits per heavy atom. The normalized spacial score (nSPS) is 15.6. The largest absolute Gasteiger partial charge is 0.326 e. The number of halogens is 1. The zero-order chi connectivity index (χ0) is 13.1. The summed E-state index contributed by atoms with van der Waals surface area (Å²) >= 11 is 3.31. The lowest BCUT2D eigenvalue weighted by Crippen LogP contribution is -2.23. The molecule has 0 fully saturated rings. The fourth-order valence-corrected chi connectivity index (χ4v) is 1.98. The van der Waals surface area contributed by atoms with Crippen molar-refractivity contribution in [1.82, 2.24) is 0 Å². The molecule has 0 spiro atoms. The lowest BCUT2D eigenvalue weighted by molar-refractivity contribution is -0.117. The number of carbonyl (C=O) groups is 2. The summed E-state index contributed by atoms with van der Waals surface area (Å²) in [5.74, 6) is 0.00286. The fourth-order valence-electron chi connectivity index (χ4n) is 1.87. The molecule has 1 aliphatic rings. The van der Waals surface area contributed by atoms with Crippen LogP contribution >= 0.6 is 15.9 Å². The van der Waals surface area contributed by atoms with E-state index in [2.05, 4.69) is 26.6 Å². The Morgan fingerprint density at radius 1 is 1.50 bits per heavy atom. The van der Waals surface area contributed by atoms with Crippen LogP contribution in [0.4, 0.5) is 11.4 Å². The number of benzene rings is 1. The molecule has 1 heterocycles. The van der Waals surface area contributed by atoms with Crippen LogP contribution in [0.1, 0.15) is 25.3 Å². The molecule has 0 saturated heterocycles. The highest BCUT2D eigenvalue weighted by Crippen LogP contribution is 2.26. The maximum Gasteiger partial charge on any atom is 0.238 e. The molecule has 96 valence electrons. The van der Waals surface area contributed by atoms with Gasteiger partial charge in [0, 0.05) is 17.8 Å². The van der Waals surface area contributed by atoms with Crippen LogP contribution in [-0.4, -0.2) is 16.6 Å². The molecule has 1 aliphatic heterocycles.